The van der Waals surface area contributed by atoms with Gasteiger partial charge in [0.1, 0.15) is 0 Å². The van der Waals surface area contributed by atoms with Crippen LogP contribution in [0.25, 0.3) is 5.01 Å². The summed E-state index contributed by atoms with van der Waals surface area (Å²) in [7, 11) is 0. The van der Waals surface area contributed by atoms with Crippen molar-refractivity contribution in [1.82, 2.24) is 0 Å². The van der Waals surface area contributed by atoms with Crippen LogP contribution in [-0.4, -0.2) is 5.21 Å². The number of hydrogen-bond donors (Lipinski definition) is 1. The first-order valence-corrected chi connectivity index (χ1v) is 1.87. The third-order valence-corrected chi connectivity index (χ3v) is 0.316. The zero-order valence-corrected chi connectivity index (χ0v) is 3.97. The minimum Gasteiger partial charge on any atom is -0.177 e. The lowest BCUT2D eigenvalue weighted by Crippen LogP contribution is -1.73. The Balaban J connectivity index is 3.20. The molecule has 0 bridgehead atoms. The molecule has 0 aromatic heterocycles. The predicted molar refractivity (Wildman–Crippen MR) is 23.9 cm³/mol. The molecular formula is C4H8NO+. The molecule has 0 heterocycles. The van der Waals surface area contributed by atoms with Crippen LogP contribution >= 0.6 is 0 Å². The van der Waals surface area contributed by atoms with Crippen LogP contribution in [0.5, 0.6) is 0 Å². The van der Waals surface area contributed by atoms with E-state index in [1.54, 1.807) is 0 Å². The largest absolute Gasteiger partial charge is 0.352 e. The lowest BCUT2D eigenvalue weighted by molar-refractivity contribution is 0.462. The van der Waals surface area contributed by atoms with E-state index in [1.165, 1.54) is 0 Å². The summed E-state index contributed by atoms with van der Waals surface area (Å²) in [5.41, 5.74) is 0. The summed E-state index contributed by atoms with van der Waals surface area (Å²) in [6, 6.07) is 2.39. The van der Waals surface area contributed by atoms with Crippen molar-refractivity contribution in [2.24, 2.45) is 5.92 Å². The zero-order valence-electron chi connectivity index (χ0n) is 3.97. The van der Waals surface area contributed by atoms with Gasteiger partial charge in [0.05, 0.1) is 5.92 Å². The molecule has 2 nitrogen and oxygen atoms in total. The van der Waals surface area contributed by atoms with E-state index in [9.17, 15) is 0 Å². The zero-order chi connectivity index (χ0) is 4.99. The lowest BCUT2D eigenvalue weighted by atomic mass is 10.3. The molecule has 1 N–H and O–H groups in total. The van der Waals surface area contributed by atoms with Gasteiger partial charge in [0.25, 0.3) is 0 Å². The van der Waals surface area contributed by atoms with Crippen molar-refractivity contribution in [3.05, 3.63) is 5.01 Å². The Morgan fingerprint density at radius 3 is 2.17 bits per heavy atom. The van der Waals surface area contributed by atoms with Crippen molar-refractivity contribution in [3.63, 3.8) is 0 Å². The average molecular weight is 86.1 g/mol. The molecule has 6 heavy (non-hydrogen) atoms. The maximum absolute atomic E-state index is 7.75. The van der Waals surface area contributed by atoms with Crippen molar-refractivity contribution in [2.45, 2.75) is 13.8 Å². The molecule has 0 saturated carbocycles. The molecule has 0 rings (SSSR count). The summed E-state index contributed by atoms with van der Waals surface area (Å²) < 4.78 is 0. The van der Waals surface area contributed by atoms with E-state index in [0.29, 0.717) is 0 Å². The quantitative estimate of drug-likeness (QED) is 0.442. The van der Waals surface area contributed by atoms with Gasteiger partial charge < -0.3 is 0 Å². The fraction of sp³-hybridized carbons (Fsp3) is 0.750. The van der Waals surface area contributed by atoms with Crippen LogP contribution in [-0.2, 0) is 0 Å². The van der Waals surface area contributed by atoms with Gasteiger partial charge in [-0.15, -0.1) is 0 Å². The first-order valence-electron chi connectivity index (χ1n) is 1.87. The Labute approximate surface area is 37.2 Å². The van der Waals surface area contributed by atoms with Crippen LogP contribution in [0.1, 0.15) is 13.8 Å². The van der Waals surface area contributed by atoms with Crippen molar-refractivity contribution in [3.8, 4) is 6.07 Å². The molecule has 34 valence electrons. The fourth-order valence-corrected chi connectivity index (χ4v) is 0.115. The van der Waals surface area contributed by atoms with Crippen molar-refractivity contribution < 1.29 is 5.21 Å². The third-order valence-electron chi connectivity index (χ3n) is 0.316. The molecule has 0 spiro atoms. The van der Waals surface area contributed by atoms with Gasteiger partial charge in [-0.1, -0.05) is 0 Å². The normalized spacial score (nSPS) is 7.17. The van der Waals surface area contributed by atoms with Crippen LogP contribution in [0.4, 0.5) is 0 Å². The van der Waals surface area contributed by atoms with E-state index in [-0.39, 0.29) is 5.92 Å². The molecule has 2 heteroatoms. The summed E-state index contributed by atoms with van der Waals surface area (Å²) in [6.45, 7) is 3.78. The topological polar surface area (TPSA) is 24.6 Å². The van der Waals surface area contributed by atoms with Gasteiger partial charge in [-0.2, -0.15) is 5.21 Å². The van der Waals surface area contributed by atoms with E-state index >= 15 is 0 Å². The molecule has 0 aromatic rings. The molecule has 0 unspecified atom stereocenters. The van der Waals surface area contributed by atoms with Gasteiger partial charge in [-0.05, 0) is 13.8 Å². The SMILES string of the molecule is CC(C)C#[N+]O. The van der Waals surface area contributed by atoms with Gasteiger partial charge in [0.15, 0.2) is 0 Å². The summed E-state index contributed by atoms with van der Waals surface area (Å²) in [6.07, 6.45) is 0. The molecule has 0 aliphatic rings. The Kier molecular flexibility index (Phi) is 2.22. The maximum atomic E-state index is 7.75. The number of hydrogen-bond acceptors (Lipinski definition) is 1. The van der Waals surface area contributed by atoms with E-state index in [0.717, 1.165) is 0 Å². The molecule has 0 radical (unpaired) electrons. The van der Waals surface area contributed by atoms with E-state index in [1.807, 2.05) is 13.8 Å². The summed E-state index contributed by atoms with van der Waals surface area (Å²) in [5, 5.41) is 10.4. The number of rotatable bonds is 0. The second-order valence-corrected chi connectivity index (χ2v) is 1.38. The second kappa shape index (κ2) is 2.52. The van der Waals surface area contributed by atoms with Crippen molar-refractivity contribution >= 4 is 0 Å². The Hall–Kier alpha value is -0.710. The van der Waals surface area contributed by atoms with Crippen LogP contribution < -0.4 is 0 Å². The molecule has 0 atom stereocenters. The van der Waals surface area contributed by atoms with Gasteiger partial charge in [0.2, 0.25) is 5.01 Å². The molecule has 0 aliphatic heterocycles. The van der Waals surface area contributed by atoms with Crippen molar-refractivity contribution in [1.29, 1.82) is 0 Å². The Morgan fingerprint density at radius 2 is 2.17 bits per heavy atom. The fourth-order valence-electron chi connectivity index (χ4n) is 0.115. The monoisotopic (exact) mass is 86.1 g/mol. The van der Waals surface area contributed by atoms with E-state index in [2.05, 4.69) is 11.1 Å². The predicted octanol–water partition coefficient (Wildman–Crippen LogP) is 1.36. The summed E-state index contributed by atoms with van der Waals surface area (Å²) in [4.78, 5) is 0. The minimum absolute atomic E-state index is 0.231. The molecular weight excluding hydrogens is 78.0 g/mol. The smallest absolute Gasteiger partial charge is 0.177 e. The highest BCUT2D eigenvalue weighted by Gasteiger charge is 1.91. The first-order chi connectivity index (χ1) is 2.77. The third kappa shape index (κ3) is 3.29. The maximum Gasteiger partial charge on any atom is 0.352 e. The van der Waals surface area contributed by atoms with Gasteiger partial charge in [-0.3, -0.25) is 0 Å². The highest BCUT2D eigenvalue weighted by atomic mass is 16.4. The van der Waals surface area contributed by atoms with Gasteiger partial charge in [0, 0.05) is 0 Å². The highest BCUT2D eigenvalue weighted by Crippen LogP contribution is 1.84. The van der Waals surface area contributed by atoms with Crippen LogP contribution in [0.15, 0.2) is 0 Å². The number of nitrogens with zero attached hydrogens (tertiary/aromatic N) is 1. The standard InChI is InChI=1S/C4H7NO/c1-4(2)3-5-6/h4H,1-2H3/p+1. The molecule has 0 aromatic carbocycles. The Bertz CT molecular complexity index is 77.3. The van der Waals surface area contributed by atoms with E-state index < -0.39 is 0 Å². The molecule has 0 amide bonds. The van der Waals surface area contributed by atoms with Gasteiger partial charge in [-0.25, -0.2) is 0 Å². The first kappa shape index (κ1) is 5.29. The van der Waals surface area contributed by atoms with Crippen molar-refractivity contribution in [2.75, 3.05) is 0 Å². The highest BCUT2D eigenvalue weighted by molar-refractivity contribution is 4.82. The summed E-state index contributed by atoms with van der Waals surface area (Å²) >= 11 is 0. The Morgan fingerprint density at radius 1 is 1.67 bits per heavy atom. The van der Waals surface area contributed by atoms with E-state index in [4.69, 9.17) is 5.21 Å². The molecule has 0 saturated heterocycles. The van der Waals surface area contributed by atoms with Crippen LogP contribution in [0, 0.1) is 12.0 Å². The molecule has 0 fully saturated rings. The lowest BCUT2D eigenvalue weighted by Gasteiger charge is -1.69. The summed E-state index contributed by atoms with van der Waals surface area (Å²) in [5.74, 6) is 0.231. The minimum atomic E-state index is 0.231. The van der Waals surface area contributed by atoms with Gasteiger partial charge >= 0.3 is 6.07 Å². The average Bonchev–Trinajstić information content (AvgIpc) is 1.35. The van der Waals surface area contributed by atoms with Crippen LogP contribution in [0.2, 0.25) is 0 Å². The molecule has 0 aliphatic carbocycles. The second-order valence-electron chi connectivity index (χ2n) is 1.38. The van der Waals surface area contributed by atoms with Crippen LogP contribution in [0.3, 0.4) is 0 Å².